The van der Waals surface area contributed by atoms with Crippen molar-refractivity contribution in [1.29, 1.82) is 0 Å². The first-order chi connectivity index (χ1) is 10.2. The van der Waals surface area contributed by atoms with E-state index in [2.05, 4.69) is 22.4 Å². The van der Waals surface area contributed by atoms with Gasteiger partial charge in [0.15, 0.2) is 0 Å². The summed E-state index contributed by atoms with van der Waals surface area (Å²) in [4.78, 5) is 11.8. The van der Waals surface area contributed by atoms with Crippen LogP contribution in [0.1, 0.15) is 25.8 Å². The number of nitrogens with zero attached hydrogens (tertiary/aromatic N) is 1. The molecule has 0 aliphatic carbocycles. The van der Waals surface area contributed by atoms with Crippen LogP contribution in [-0.4, -0.2) is 23.3 Å². The highest BCUT2D eigenvalue weighted by Gasteiger charge is 2.05. The van der Waals surface area contributed by atoms with Gasteiger partial charge >= 0.3 is 0 Å². The van der Waals surface area contributed by atoms with Crippen molar-refractivity contribution < 1.29 is 4.74 Å². The SMILES string of the molecule is CCCNCc1cc(-c2ccc(OCC)cc2)n[nH]c1=O. The van der Waals surface area contributed by atoms with Crippen LogP contribution in [0.3, 0.4) is 0 Å². The summed E-state index contributed by atoms with van der Waals surface area (Å²) in [5.41, 5.74) is 2.26. The zero-order chi connectivity index (χ0) is 15.1. The number of hydrogen-bond donors (Lipinski definition) is 2. The largest absolute Gasteiger partial charge is 0.494 e. The molecule has 2 rings (SSSR count). The second-order valence-corrected chi connectivity index (χ2v) is 4.74. The average molecular weight is 287 g/mol. The van der Waals surface area contributed by atoms with Crippen LogP contribution in [0.5, 0.6) is 5.75 Å². The second-order valence-electron chi connectivity index (χ2n) is 4.74. The number of rotatable bonds is 7. The summed E-state index contributed by atoms with van der Waals surface area (Å²) in [6, 6.07) is 9.52. The fraction of sp³-hybridized carbons (Fsp3) is 0.375. The first-order valence-electron chi connectivity index (χ1n) is 7.27. The zero-order valence-electron chi connectivity index (χ0n) is 12.5. The first kappa shape index (κ1) is 15.3. The van der Waals surface area contributed by atoms with E-state index in [9.17, 15) is 4.79 Å². The summed E-state index contributed by atoms with van der Waals surface area (Å²) in [6.45, 7) is 6.13. The summed E-state index contributed by atoms with van der Waals surface area (Å²) in [7, 11) is 0. The third kappa shape index (κ3) is 4.16. The van der Waals surface area contributed by atoms with Crippen molar-refractivity contribution >= 4 is 0 Å². The van der Waals surface area contributed by atoms with Crippen molar-refractivity contribution in [2.75, 3.05) is 13.2 Å². The van der Waals surface area contributed by atoms with Gasteiger partial charge in [-0.05, 0) is 50.2 Å². The molecule has 2 aromatic rings. The number of ether oxygens (including phenoxy) is 1. The minimum Gasteiger partial charge on any atom is -0.494 e. The van der Waals surface area contributed by atoms with Crippen molar-refractivity contribution in [1.82, 2.24) is 15.5 Å². The van der Waals surface area contributed by atoms with Gasteiger partial charge in [0.25, 0.3) is 5.56 Å². The summed E-state index contributed by atoms with van der Waals surface area (Å²) in [5, 5.41) is 9.89. The van der Waals surface area contributed by atoms with Crippen LogP contribution in [0.2, 0.25) is 0 Å². The van der Waals surface area contributed by atoms with Gasteiger partial charge in [-0.15, -0.1) is 0 Å². The average Bonchev–Trinajstić information content (AvgIpc) is 2.51. The Labute approximate surface area is 124 Å². The molecule has 0 amide bonds. The second kappa shape index (κ2) is 7.59. The highest BCUT2D eigenvalue weighted by atomic mass is 16.5. The van der Waals surface area contributed by atoms with Gasteiger partial charge in [0.05, 0.1) is 12.3 Å². The molecule has 2 N–H and O–H groups in total. The van der Waals surface area contributed by atoms with Crippen LogP contribution in [-0.2, 0) is 6.54 Å². The standard InChI is InChI=1S/C16H21N3O2/c1-3-9-17-11-13-10-15(18-19-16(13)20)12-5-7-14(8-6-12)21-4-2/h5-8,10,17H,3-4,9,11H2,1-2H3,(H,19,20). The van der Waals surface area contributed by atoms with E-state index in [1.165, 1.54) is 0 Å². The number of aromatic nitrogens is 2. The van der Waals surface area contributed by atoms with Gasteiger partial charge in [-0.3, -0.25) is 4.79 Å². The summed E-state index contributed by atoms with van der Waals surface area (Å²) in [5.74, 6) is 0.829. The lowest BCUT2D eigenvalue weighted by molar-refractivity contribution is 0.340. The fourth-order valence-electron chi connectivity index (χ4n) is 2.01. The van der Waals surface area contributed by atoms with Crippen LogP contribution in [0.25, 0.3) is 11.3 Å². The maximum atomic E-state index is 11.8. The van der Waals surface area contributed by atoms with Gasteiger partial charge in [-0.2, -0.15) is 5.10 Å². The zero-order valence-corrected chi connectivity index (χ0v) is 12.5. The molecule has 0 radical (unpaired) electrons. The molecule has 21 heavy (non-hydrogen) atoms. The van der Waals surface area contributed by atoms with Crippen LogP contribution in [0, 0.1) is 0 Å². The van der Waals surface area contributed by atoms with E-state index in [1.807, 2.05) is 37.3 Å². The quantitative estimate of drug-likeness (QED) is 0.767. The van der Waals surface area contributed by atoms with Crippen LogP contribution in [0.15, 0.2) is 35.1 Å². The van der Waals surface area contributed by atoms with Crippen LogP contribution >= 0.6 is 0 Å². The summed E-state index contributed by atoms with van der Waals surface area (Å²) >= 11 is 0. The highest BCUT2D eigenvalue weighted by Crippen LogP contribution is 2.20. The Morgan fingerprint density at radius 1 is 1.24 bits per heavy atom. The van der Waals surface area contributed by atoms with E-state index >= 15 is 0 Å². The Balaban J connectivity index is 2.19. The van der Waals surface area contributed by atoms with Gasteiger partial charge in [-0.1, -0.05) is 6.92 Å². The molecule has 0 saturated carbocycles. The topological polar surface area (TPSA) is 67.0 Å². The number of aromatic amines is 1. The summed E-state index contributed by atoms with van der Waals surface area (Å²) < 4.78 is 5.42. The van der Waals surface area contributed by atoms with E-state index < -0.39 is 0 Å². The van der Waals surface area contributed by atoms with E-state index in [-0.39, 0.29) is 5.56 Å². The summed E-state index contributed by atoms with van der Waals surface area (Å²) in [6.07, 6.45) is 1.04. The number of H-pyrrole nitrogens is 1. The normalized spacial score (nSPS) is 10.6. The Morgan fingerprint density at radius 3 is 2.67 bits per heavy atom. The van der Waals surface area contributed by atoms with Gasteiger partial charge < -0.3 is 10.1 Å². The van der Waals surface area contributed by atoms with Gasteiger partial charge in [0, 0.05) is 17.7 Å². The molecule has 1 heterocycles. The molecule has 112 valence electrons. The smallest absolute Gasteiger partial charge is 0.268 e. The lowest BCUT2D eigenvalue weighted by atomic mass is 10.1. The molecule has 5 heteroatoms. The monoisotopic (exact) mass is 287 g/mol. The van der Waals surface area contributed by atoms with Crippen molar-refractivity contribution in [2.45, 2.75) is 26.8 Å². The van der Waals surface area contributed by atoms with E-state index in [1.54, 1.807) is 0 Å². The molecule has 0 spiro atoms. The molecule has 0 saturated heterocycles. The van der Waals surface area contributed by atoms with Crippen molar-refractivity contribution in [3.8, 4) is 17.0 Å². The number of benzene rings is 1. The molecule has 0 bridgehead atoms. The van der Waals surface area contributed by atoms with Gasteiger partial charge in [0.2, 0.25) is 0 Å². The lowest BCUT2D eigenvalue weighted by Crippen LogP contribution is -2.22. The Bertz CT molecular complexity index is 620. The number of nitrogens with one attached hydrogen (secondary N) is 2. The number of hydrogen-bond acceptors (Lipinski definition) is 4. The Morgan fingerprint density at radius 2 is 2.00 bits per heavy atom. The molecular weight excluding hydrogens is 266 g/mol. The van der Waals surface area contributed by atoms with E-state index in [0.29, 0.717) is 18.7 Å². The molecule has 0 aliphatic rings. The van der Waals surface area contributed by atoms with Gasteiger partial charge in [-0.25, -0.2) is 5.10 Å². The van der Waals surface area contributed by atoms with Crippen molar-refractivity contribution in [3.63, 3.8) is 0 Å². The van der Waals surface area contributed by atoms with Crippen LogP contribution < -0.4 is 15.6 Å². The third-order valence-corrected chi connectivity index (χ3v) is 3.08. The lowest BCUT2D eigenvalue weighted by Gasteiger charge is -2.06. The fourth-order valence-corrected chi connectivity index (χ4v) is 2.01. The highest BCUT2D eigenvalue weighted by molar-refractivity contribution is 5.60. The molecular formula is C16H21N3O2. The molecule has 0 aliphatic heterocycles. The minimum absolute atomic E-state index is 0.145. The van der Waals surface area contributed by atoms with E-state index in [0.717, 1.165) is 30.0 Å². The maximum Gasteiger partial charge on any atom is 0.268 e. The molecule has 5 nitrogen and oxygen atoms in total. The third-order valence-electron chi connectivity index (χ3n) is 3.08. The maximum absolute atomic E-state index is 11.8. The van der Waals surface area contributed by atoms with Crippen molar-refractivity contribution in [2.24, 2.45) is 0 Å². The molecule has 1 aromatic carbocycles. The first-order valence-corrected chi connectivity index (χ1v) is 7.27. The van der Waals surface area contributed by atoms with E-state index in [4.69, 9.17) is 4.74 Å². The molecule has 0 fully saturated rings. The van der Waals surface area contributed by atoms with Crippen molar-refractivity contribution in [3.05, 3.63) is 46.2 Å². The predicted octanol–water partition coefficient (Wildman–Crippen LogP) is 2.34. The Hall–Kier alpha value is -2.14. The Kier molecular flexibility index (Phi) is 5.51. The minimum atomic E-state index is -0.145. The van der Waals surface area contributed by atoms with Gasteiger partial charge in [0.1, 0.15) is 5.75 Å². The molecule has 0 unspecified atom stereocenters. The predicted molar refractivity (Wildman–Crippen MR) is 83.5 cm³/mol. The molecule has 0 atom stereocenters. The molecule has 1 aromatic heterocycles. The van der Waals surface area contributed by atoms with Crippen LogP contribution in [0.4, 0.5) is 0 Å².